The van der Waals surface area contributed by atoms with Crippen LogP contribution in [-0.4, -0.2) is 34.5 Å². The Morgan fingerprint density at radius 1 is 1.06 bits per heavy atom. The largest absolute Gasteiger partial charge is 0.466 e. The number of nitrogens with one attached hydrogen (secondary N) is 1. The average Bonchev–Trinajstić information content (AvgIpc) is 3.11. The summed E-state index contributed by atoms with van der Waals surface area (Å²) in [5.41, 5.74) is 5.13. The molecule has 1 aromatic heterocycles. The molecule has 0 saturated carbocycles. The number of carbonyl (C=O) groups is 1. The van der Waals surface area contributed by atoms with Crippen molar-refractivity contribution in [3.63, 3.8) is 0 Å². The summed E-state index contributed by atoms with van der Waals surface area (Å²) in [6.45, 7) is 8.41. The highest BCUT2D eigenvalue weighted by Gasteiger charge is 2.37. The van der Waals surface area contributed by atoms with Crippen LogP contribution in [0.3, 0.4) is 0 Å². The van der Waals surface area contributed by atoms with Crippen LogP contribution in [0, 0.1) is 5.95 Å². The molecule has 1 aliphatic heterocycles. The highest BCUT2D eigenvalue weighted by molar-refractivity contribution is 5.90. The third-order valence-corrected chi connectivity index (χ3v) is 5.79. The lowest BCUT2D eigenvalue weighted by Gasteiger charge is -2.43. The molecule has 0 unspecified atom stereocenters. The quantitative estimate of drug-likeness (QED) is 0.389. The van der Waals surface area contributed by atoms with Gasteiger partial charge in [0, 0.05) is 6.08 Å². The number of nitrogens with zero attached hydrogens (tertiary/aromatic N) is 1. The molecular weight excluding hydrogens is 419 g/mol. The molecule has 2 aromatic carbocycles. The maximum absolute atomic E-state index is 14.3. The number of aromatic nitrogens is 2. The molecule has 0 aliphatic carbocycles. The number of hydrogen-bond acceptors (Lipinski definition) is 4. The van der Waals surface area contributed by atoms with Crippen LogP contribution in [0.4, 0.5) is 4.39 Å². The highest BCUT2D eigenvalue weighted by atomic mass is 19.1. The third kappa shape index (κ3) is 5.06. The Bertz CT molecular complexity index is 1230. The van der Waals surface area contributed by atoms with Crippen LogP contribution in [-0.2, 0) is 14.3 Å². The molecule has 33 heavy (non-hydrogen) atoms. The minimum absolute atomic E-state index is 0.323. The van der Waals surface area contributed by atoms with E-state index in [-0.39, 0.29) is 11.2 Å². The molecular formula is C27H29FN2O3. The van der Waals surface area contributed by atoms with Gasteiger partial charge in [-0.3, -0.25) is 5.10 Å². The molecule has 1 fully saturated rings. The molecule has 0 amide bonds. The van der Waals surface area contributed by atoms with E-state index in [1.807, 2.05) is 42.5 Å². The van der Waals surface area contributed by atoms with Crippen molar-refractivity contribution in [3.05, 3.63) is 76.8 Å². The summed E-state index contributed by atoms with van der Waals surface area (Å²) in [6, 6.07) is 13.7. The van der Waals surface area contributed by atoms with Gasteiger partial charge in [-0.15, -0.1) is 0 Å². The van der Waals surface area contributed by atoms with Gasteiger partial charge in [0.05, 0.1) is 29.2 Å². The van der Waals surface area contributed by atoms with E-state index in [1.54, 1.807) is 6.08 Å². The predicted molar refractivity (Wildman–Crippen MR) is 128 cm³/mol. The van der Waals surface area contributed by atoms with E-state index in [0.29, 0.717) is 10.9 Å². The first-order valence-electron chi connectivity index (χ1n) is 11.0. The molecule has 1 aliphatic rings. The number of esters is 1. The number of fused-ring (bicyclic) bond motifs is 1. The maximum Gasteiger partial charge on any atom is 0.330 e. The van der Waals surface area contributed by atoms with E-state index in [9.17, 15) is 9.18 Å². The van der Waals surface area contributed by atoms with Crippen LogP contribution in [0.5, 0.6) is 0 Å². The molecule has 6 heteroatoms. The topological polar surface area (TPSA) is 64.2 Å². The molecule has 0 spiro atoms. The Balaban J connectivity index is 1.85. The second-order valence-electron chi connectivity index (χ2n) is 9.70. The van der Waals surface area contributed by atoms with Crippen molar-refractivity contribution in [2.45, 2.75) is 51.7 Å². The summed E-state index contributed by atoms with van der Waals surface area (Å²) in [7, 11) is 1.35. The van der Waals surface area contributed by atoms with E-state index in [2.05, 4.69) is 42.6 Å². The number of carbonyl (C=O) groups excluding carboxylic acids is 1. The zero-order valence-corrected chi connectivity index (χ0v) is 19.7. The number of H-pyrrole nitrogens is 1. The van der Waals surface area contributed by atoms with E-state index in [0.717, 1.165) is 35.1 Å². The SMILES string of the molecule is COC(=O)/C=C/c1ccc(C(=C2CC(C)(C)OC(C)(C)C2)c2ccc3n[nH]c(F)c3c2)cc1. The van der Waals surface area contributed by atoms with Gasteiger partial charge < -0.3 is 9.47 Å². The van der Waals surface area contributed by atoms with Gasteiger partial charge in [-0.2, -0.15) is 9.49 Å². The first kappa shape index (κ1) is 22.9. The molecule has 172 valence electrons. The lowest BCUT2D eigenvalue weighted by Crippen LogP contribution is -2.42. The van der Waals surface area contributed by atoms with Crippen LogP contribution in [0.1, 0.15) is 57.2 Å². The number of ether oxygens (including phenoxy) is 2. The van der Waals surface area contributed by atoms with Gasteiger partial charge in [-0.1, -0.05) is 35.9 Å². The van der Waals surface area contributed by atoms with Crippen LogP contribution in [0.25, 0.3) is 22.6 Å². The average molecular weight is 449 g/mol. The fraction of sp³-hybridized carbons (Fsp3) is 0.333. The Hall–Kier alpha value is -3.25. The fourth-order valence-electron chi connectivity index (χ4n) is 4.79. The van der Waals surface area contributed by atoms with Gasteiger partial charge in [-0.05, 0) is 81.0 Å². The van der Waals surface area contributed by atoms with Crippen LogP contribution in [0.2, 0.25) is 0 Å². The van der Waals surface area contributed by atoms with Crippen molar-refractivity contribution in [1.29, 1.82) is 0 Å². The van der Waals surface area contributed by atoms with Gasteiger partial charge >= 0.3 is 5.97 Å². The molecule has 4 rings (SSSR count). The summed E-state index contributed by atoms with van der Waals surface area (Å²) < 4.78 is 25.3. The molecule has 2 heterocycles. The maximum atomic E-state index is 14.3. The van der Waals surface area contributed by atoms with Crippen LogP contribution in [0.15, 0.2) is 54.1 Å². The highest BCUT2D eigenvalue weighted by Crippen LogP contribution is 2.43. The third-order valence-electron chi connectivity index (χ3n) is 5.79. The Morgan fingerprint density at radius 3 is 2.33 bits per heavy atom. The van der Waals surface area contributed by atoms with Gasteiger partial charge in [0.1, 0.15) is 0 Å². The first-order valence-corrected chi connectivity index (χ1v) is 11.0. The number of methoxy groups -OCH3 is 1. The van der Waals surface area contributed by atoms with Crippen LogP contribution >= 0.6 is 0 Å². The molecule has 5 nitrogen and oxygen atoms in total. The molecule has 0 atom stereocenters. The fourth-order valence-corrected chi connectivity index (χ4v) is 4.79. The predicted octanol–water partition coefficient (Wildman–Crippen LogP) is 6.06. The smallest absolute Gasteiger partial charge is 0.330 e. The van der Waals surface area contributed by atoms with E-state index in [4.69, 9.17) is 4.74 Å². The zero-order chi connectivity index (χ0) is 23.8. The van der Waals surface area contributed by atoms with E-state index in [1.165, 1.54) is 18.8 Å². The standard InChI is InChI=1S/C27H29FN2O3/c1-26(2)15-20(16-27(3,4)33-26)24(19-11-12-22-21(14-19)25(28)30-29-22)18-9-6-17(7-10-18)8-13-23(31)32-5/h6-14H,15-16H2,1-5H3,(H,29,30)/b13-8+. The number of benzene rings is 2. The van der Waals surface area contributed by atoms with E-state index < -0.39 is 11.9 Å². The molecule has 3 aromatic rings. The zero-order valence-electron chi connectivity index (χ0n) is 19.7. The van der Waals surface area contributed by atoms with E-state index >= 15 is 0 Å². The summed E-state index contributed by atoms with van der Waals surface area (Å²) in [5, 5.41) is 6.91. The van der Waals surface area contributed by atoms with Gasteiger partial charge in [0.15, 0.2) is 0 Å². The number of rotatable bonds is 4. The lowest BCUT2D eigenvalue weighted by molar-refractivity contribution is -0.139. The number of hydrogen-bond donors (Lipinski definition) is 1. The minimum atomic E-state index is -0.438. The summed E-state index contributed by atoms with van der Waals surface area (Å²) >= 11 is 0. The number of halogens is 1. The Kier molecular flexibility index (Phi) is 5.97. The lowest BCUT2D eigenvalue weighted by atomic mass is 9.79. The van der Waals surface area contributed by atoms with Gasteiger partial charge in [-0.25, -0.2) is 4.79 Å². The normalized spacial score (nSPS) is 17.5. The minimum Gasteiger partial charge on any atom is -0.466 e. The molecule has 0 radical (unpaired) electrons. The van der Waals surface area contributed by atoms with Crippen molar-refractivity contribution in [1.82, 2.24) is 10.2 Å². The Labute approximate surface area is 193 Å². The molecule has 1 saturated heterocycles. The van der Waals surface area contributed by atoms with Crippen molar-refractivity contribution in [2.24, 2.45) is 0 Å². The van der Waals surface area contributed by atoms with Crippen LogP contribution < -0.4 is 0 Å². The first-order chi connectivity index (χ1) is 15.6. The van der Waals surface area contributed by atoms with Crippen molar-refractivity contribution in [2.75, 3.05) is 7.11 Å². The van der Waals surface area contributed by atoms with Gasteiger partial charge in [0.2, 0.25) is 5.95 Å². The van der Waals surface area contributed by atoms with Gasteiger partial charge in [0.25, 0.3) is 0 Å². The summed E-state index contributed by atoms with van der Waals surface area (Å²) in [4.78, 5) is 11.4. The number of aromatic amines is 1. The van der Waals surface area contributed by atoms with Crippen molar-refractivity contribution in [3.8, 4) is 0 Å². The Morgan fingerprint density at radius 2 is 1.70 bits per heavy atom. The second-order valence-corrected chi connectivity index (χ2v) is 9.70. The van der Waals surface area contributed by atoms with Crippen molar-refractivity contribution < 1.29 is 18.7 Å². The molecule has 1 N–H and O–H groups in total. The summed E-state index contributed by atoms with van der Waals surface area (Å²) in [5.74, 6) is -0.837. The molecule has 0 bridgehead atoms. The summed E-state index contributed by atoms with van der Waals surface area (Å²) in [6.07, 6.45) is 4.65. The second kappa shape index (κ2) is 8.60. The monoisotopic (exact) mass is 448 g/mol. The van der Waals surface area contributed by atoms with Crippen molar-refractivity contribution >= 4 is 28.5 Å².